The highest BCUT2D eigenvalue weighted by Crippen LogP contribution is 2.20. The molecule has 1 aromatic rings. The van der Waals surface area contributed by atoms with Gasteiger partial charge in [-0.2, -0.15) is 11.8 Å². The van der Waals surface area contributed by atoms with Gasteiger partial charge in [0.15, 0.2) is 5.96 Å². The molecule has 2 N–H and O–H groups in total. The zero-order valence-electron chi connectivity index (χ0n) is 12.6. The van der Waals surface area contributed by atoms with Crippen LogP contribution in [-0.4, -0.2) is 55.2 Å². The van der Waals surface area contributed by atoms with E-state index in [-0.39, 0.29) is 6.10 Å². The number of thioether (sulfide) groups is 1. The standard InChI is InChI=1S/C15H23N3O2S/c1-12(20-14-5-3-4-13(10-14)19-2)11-17-15(16)18-6-8-21-9-7-18/h3-5,10,12H,6-9,11H2,1-2H3,(H2,16,17). The molecule has 0 aromatic heterocycles. The lowest BCUT2D eigenvalue weighted by Gasteiger charge is -2.27. The van der Waals surface area contributed by atoms with Crippen molar-refractivity contribution in [3.05, 3.63) is 24.3 Å². The first-order valence-electron chi connectivity index (χ1n) is 7.12. The lowest BCUT2D eigenvalue weighted by Crippen LogP contribution is -2.43. The Kier molecular flexibility index (Phi) is 6.04. The summed E-state index contributed by atoms with van der Waals surface area (Å²) in [6, 6.07) is 7.57. The summed E-state index contributed by atoms with van der Waals surface area (Å²) in [4.78, 5) is 6.58. The fourth-order valence-corrected chi connectivity index (χ4v) is 2.96. The van der Waals surface area contributed by atoms with Crippen LogP contribution in [0, 0.1) is 0 Å². The van der Waals surface area contributed by atoms with Crippen molar-refractivity contribution in [2.45, 2.75) is 13.0 Å². The quantitative estimate of drug-likeness (QED) is 0.664. The van der Waals surface area contributed by atoms with Crippen molar-refractivity contribution >= 4 is 17.7 Å². The summed E-state index contributed by atoms with van der Waals surface area (Å²) in [5, 5.41) is 0. The van der Waals surface area contributed by atoms with Crippen LogP contribution in [0.15, 0.2) is 29.3 Å². The van der Waals surface area contributed by atoms with E-state index in [9.17, 15) is 0 Å². The van der Waals surface area contributed by atoms with Gasteiger partial charge in [0.1, 0.15) is 17.6 Å². The maximum atomic E-state index is 6.03. The largest absolute Gasteiger partial charge is 0.497 e. The Morgan fingerprint density at radius 1 is 1.38 bits per heavy atom. The van der Waals surface area contributed by atoms with E-state index in [0.29, 0.717) is 12.5 Å². The molecular weight excluding hydrogens is 286 g/mol. The fourth-order valence-electron chi connectivity index (χ4n) is 2.06. The first-order valence-corrected chi connectivity index (χ1v) is 8.28. The Balaban J connectivity index is 1.84. The van der Waals surface area contributed by atoms with Crippen LogP contribution in [0.5, 0.6) is 11.5 Å². The zero-order chi connectivity index (χ0) is 15.1. The van der Waals surface area contributed by atoms with E-state index in [0.717, 1.165) is 36.1 Å². The van der Waals surface area contributed by atoms with Crippen LogP contribution in [-0.2, 0) is 0 Å². The topological polar surface area (TPSA) is 60.1 Å². The molecule has 1 aliphatic heterocycles. The van der Waals surface area contributed by atoms with Crippen molar-refractivity contribution in [2.75, 3.05) is 38.2 Å². The van der Waals surface area contributed by atoms with Crippen LogP contribution < -0.4 is 15.2 Å². The monoisotopic (exact) mass is 309 g/mol. The smallest absolute Gasteiger partial charge is 0.191 e. The van der Waals surface area contributed by atoms with E-state index in [1.54, 1.807) is 7.11 Å². The predicted octanol–water partition coefficient (Wildman–Crippen LogP) is 1.83. The van der Waals surface area contributed by atoms with Crippen LogP contribution in [0.4, 0.5) is 0 Å². The molecule has 0 saturated carbocycles. The second-order valence-electron chi connectivity index (χ2n) is 4.91. The Morgan fingerprint density at radius 3 is 2.81 bits per heavy atom. The van der Waals surface area contributed by atoms with Crippen molar-refractivity contribution in [1.82, 2.24) is 4.90 Å². The molecule has 1 aromatic carbocycles. The van der Waals surface area contributed by atoms with E-state index in [2.05, 4.69) is 9.89 Å². The third kappa shape index (κ3) is 5.04. The molecule has 1 heterocycles. The summed E-state index contributed by atoms with van der Waals surface area (Å²) < 4.78 is 11.0. The van der Waals surface area contributed by atoms with Gasteiger partial charge in [0.05, 0.1) is 13.7 Å². The molecule has 0 amide bonds. The van der Waals surface area contributed by atoms with Gasteiger partial charge in [-0.3, -0.25) is 0 Å². The van der Waals surface area contributed by atoms with E-state index < -0.39 is 0 Å². The summed E-state index contributed by atoms with van der Waals surface area (Å²) in [7, 11) is 1.64. The molecule has 0 radical (unpaired) electrons. The third-order valence-electron chi connectivity index (χ3n) is 3.22. The first kappa shape index (κ1) is 15.8. The number of rotatable bonds is 5. The average Bonchev–Trinajstić information content (AvgIpc) is 2.53. The fraction of sp³-hybridized carbons (Fsp3) is 0.533. The van der Waals surface area contributed by atoms with E-state index in [1.165, 1.54) is 0 Å². The third-order valence-corrected chi connectivity index (χ3v) is 4.17. The maximum Gasteiger partial charge on any atom is 0.191 e. The van der Waals surface area contributed by atoms with Crippen molar-refractivity contribution < 1.29 is 9.47 Å². The summed E-state index contributed by atoms with van der Waals surface area (Å²) in [5.74, 6) is 4.42. The van der Waals surface area contributed by atoms with Crippen LogP contribution in [0.25, 0.3) is 0 Å². The number of nitrogens with two attached hydrogens (primary N) is 1. The van der Waals surface area contributed by atoms with Crippen molar-refractivity contribution in [2.24, 2.45) is 10.7 Å². The normalized spacial score (nSPS) is 17.4. The summed E-state index contributed by atoms with van der Waals surface area (Å²) in [6.07, 6.45) is -0.0326. The Labute approximate surface area is 130 Å². The van der Waals surface area contributed by atoms with Gasteiger partial charge in [-0.1, -0.05) is 6.07 Å². The highest BCUT2D eigenvalue weighted by atomic mass is 32.2. The number of guanidine groups is 1. The molecule has 21 heavy (non-hydrogen) atoms. The number of nitrogens with zero attached hydrogens (tertiary/aromatic N) is 2. The molecule has 0 spiro atoms. The minimum Gasteiger partial charge on any atom is -0.497 e. The van der Waals surface area contributed by atoms with Gasteiger partial charge in [-0.15, -0.1) is 0 Å². The van der Waals surface area contributed by atoms with Gasteiger partial charge in [0.2, 0.25) is 0 Å². The zero-order valence-corrected chi connectivity index (χ0v) is 13.4. The van der Waals surface area contributed by atoms with Crippen LogP contribution in [0.3, 0.4) is 0 Å². The predicted molar refractivity (Wildman–Crippen MR) is 88.5 cm³/mol. The molecule has 5 nitrogen and oxygen atoms in total. The number of hydrogen-bond acceptors (Lipinski definition) is 4. The minimum atomic E-state index is -0.0326. The van der Waals surface area contributed by atoms with Gasteiger partial charge < -0.3 is 20.1 Å². The van der Waals surface area contributed by atoms with Crippen LogP contribution in [0.1, 0.15) is 6.92 Å². The van der Waals surface area contributed by atoms with Crippen LogP contribution >= 0.6 is 11.8 Å². The number of methoxy groups -OCH3 is 1. The molecule has 1 unspecified atom stereocenters. The number of hydrogen-bond donors (Lipinski definition) is 1. The van der Waals surface area contributed by atoms with Crippen molar-refractivity contribution in [3.63, 3.8) is 0 Å². The number of aliphatic imine (C=N–C) groups is 1. The van der Waals surface area contributed by atoms with Gasteiger partial charge in [-0.25, -0.2) is 4.99 Å². The summed E-state index contributed by atoms with van der Waals surface area (Å²) in [5.41, 5.74) is 6.03. The molecule has 116 valence electrons. The maximum absolute atomic E-state index is 6.03. The Morgan fingerprint density at radius 2 is 2.10 bits per heavy atom. The molecule has 1 saturated heterocycles. The van der Waals surface area contributed by atoms with Gasteiger partial charge in [-0.05, 0) is 19.1 Å². The SMILES string of the molecule is COc1cccc(OC(C)CN=C(N)N2CCSCC2)c1. The second kappa shape index (κ2) is 8.02. The first-order chi connectivity index (χ1) is 10.2. The molecule has 1 atom stereocenters. The molecule has 0 aliphatic carbocycles. The van der Waals surface area contributed by atoms with Gasteiger partial charge in [0, 0.05) is 30.7 Å². The highest BCUT2D eigenvalue weighted by molar-refractivity contribution is 7.99. The van der Waals surface area contributed by atoms with E-state index >= 15 is 0 Å². The molecule has 1 fully saturated rings. The molecule has 2 rings (SSSR count). The number of benzene rings is 1. The van der Waals surface area contributed by atoms with E-state index in [4.69, 9.17) is 15.2 Å². The molecule has 6 heteroatoms. The van der Waals surface area contributed by atoms with Crippen molar-refractivity contribution in [3.8, 4) is 11.5 Å². The van der Waals surface area contributed by atoms with Gasteiger partial charge in [0.25, 0.3) is 0 Å². The molecular formula is C15H23N3O2S. The second-order valence-corrected chi connectivity index (χ2v) is 6.13. The number of ether oxygens (including phenoxy) is 2. The summed E-state index contributed by atoms with van der Waals surface area (Å²) in [6.45, 7) is 4.49. The van der Waals surface area contributed by atoms with Gasteiger partial charge >= 0.3 is 0 Å². The van der Waals surface area contributed by atoms with E-state index in [1.807, 2.05) is 43.0 Å². The lowest BCUT2D eigenvalue weighted by atomic mass is 10.3. The Hall–Kier alpha value is -1.56. The minimum absolute atomic E-state index is 0.0326. The molecule has 1 aliphatic rings. The highest BCUT2D eigenvalue weighted by Gasteiger charge is 2.12. The Bertz CT molecular complexity index is 476. The summed E-state index contributed by atoms with van der Waals surface area (Å²) >= 11 is 1.96. The average molecular weight is 309 g/mol. The lowest BCUT2D eigenvalue weighted by molar-refractivity contribution is 0.228. The van der Waals surface area contributed by atoms with Crippen LogP contribution in [0.2, 0.25) is 0 Å². The molecule has 0 bridgehead atoms. The van der Waals surface area contributed by atoms with Crippen molar-refractivity contribution in [1.29, 1.82) is 0 Å².